The summed E-state index contributed by atoms with van der Waals surface area (Å²) in [4.78, 5) is 27.2. The quantitative estimate of drug-likeness (QED) is 0.720. The molecule has 0 bridgehead atoms. The predicted octanol–water partition coefficient (Wildman–Crippen LogP) is 1.01. The maximum absolute atomic E-state index is 14.2. The van der Waals surface area contributed by atoms with Gasteiger partial charge in [0, 0.05) is 0 Å². The van der Waals surface area contributed by atoms with Gasteiger partial charge in [-0.2, -0.15) is 4.98 Å². The van der Waals surface area contributed by atoms with Crippen molar-refractivity contribution in [3.05, 3.63) is 22.5 Å². The molecule has 1 aromatic heterocycles. The van der Waals surface area contributed by atoms with E-state index in [1.54, 1.807) is 0 Å². The van der Waals surface area contributed by atoms with Gasteiger partial charge in [-0.1, -0.05) is 20.8 Å². The number of ether oxygens (including phenoxy) is 2. The number of amides is 1. The lowest BCUT2D eigenvalue weighted by Gasteiger charge is -2.18. The summed E-state index contributed by atoms with van der Waals surface area (Å²) in [7, 11) is 0. The van der Waals surface area contributed by atoms with Gasteiger partial charge in [0.2, 0.25) is 0 Å². The molecule has 2 rings (SSSR count). The molecule has 0 saturated carbocycles. The molecule has 9 nitrogen and oxygen atoms in total. The molecule has 0 aromatic carbocycles. The van der Waals surface area contributed by atoms with Crippen LogP contribution in [0.2, 0.25) is 0 Å². The number of hydrogen-bond acceptors (Lipinski definition) is 7. The largest absolute Gasteiger partial charge is 0.449 e. The monoisotopic (exact) mass is 373 g/mol. The van der Waals surface area contributed by atoms with E-state index in [2.05, 4.69) is 10.3 Å². The van der Waals surface area contributed by atoms with Crippen LogP contribution in [0.3, 0.4) is 0 Å². The molecular formula is C16H24FN3O6. The third kappa shape index (κ3) is 4.77. The summed E-state index contributed by atoms with van der Waals surface area (Å²) in [6, 6.07) is 0. The van der Waals surface area contributed by atoms with Crippen molar-refractivity contribution < 1.29 is 28.9 Å². The maximum Gasteiger partial charge on any atom is 0.412 e. The molecule has 0 aliphatic carbocycles. The van der Waals surface area contributed by atoms with E-state index in [1.165, 1.54) is 6.92 Å². The fraction of sp³-hybridized carbons (Fsp3) is 0.688. The predicted molar refractivity (Wildman–Crippen MR) is 89.1 cm³/mol. The summed E-state index contributed by atoms with van der Waals surface area (Å²) in [6.45, 7) is 7.57. The molecule has 1 saturated heterocycles. The number of halogens is 1. The molecule has 1 aliphatic rings. The van der Waals surface area contributed by atoms with Crippen LogP contribution in [0.15, 0.2) is 11.0 Å². The summed E-state index contributed by atoms with van der Waals surface area (Å²) < 4.78 is 25.1. The first kappa shape index (κ1) is 20.3. The van der Waals surface area contributed by atoms with Crippen molar-refractivity contribution in [3.63, 3.8) is 0 Å². The second-order valence-corrected chi connectivity index (χ2v) is 7.41. The van der Waals surface area contributed by atoms with Crippen molar-refractivity contribution in [2.24, 2.45) is 5.41 Å². The van der Waals surface area contributed by atoms with Gasteiger partial charge in [-0.25, -0.2) is 14.0 Å². The van der Waals surface area contributed by atoms with E-state index in [-0.39, 0.29) is 12.0 Å². The second kappa shape index (κ2) is 7.68. The Morgan fingerprint density at radius 2 is 2.08 bits per heavy atom. The summed E-state index contributed by atoms with van der Waals surface area (Å²) in [5.41, 5.74) is -0.990. The van der Waals surface area contributed by atoms with Gasteiger partial charge in [-0.15, -0.1) is 0 Å². The molecule has 3 N–H and O–H groups in total. The van der Waals surface area contributed by atoms with Crippen molar-refractivity contribution >= 4 is 11.9 Å². The van der Waals surface area contributed by atoms with Gasteiger partial charge in [0.25, 0.3) is 0 Å². The molecule has 146 valence electrons. The molecular weight excluding hydrogens is 349 g/mol. The van der Waals surface area contributed by atoms with Crippen LogP contribution in [0.25, 0.3) is 0 Å². The lowest BCUT2D eigenvalue weighted by Crippen LogP contribution is -2.36. The number of carbonyl (C=O) groups excluding carboxylic acids is 1. The van der Waals surface area contributed by atoms with Gasteiger partial charge in [0.1, 0.15) is 12.2 Å². The molecule has 1 aliphatic heterocycles. The molecule has 1 amide bonds. The Bertz CT molecular complexity index is 717. The van der Waals surface area contributed by atoms with Gasteiger partial charge in [0.15, 0.2) is 17.9 Å². The molecule has 0 unspecified atom stereocenters. The Hall–Kier alpha value is -2.04. The van der Waals surface area contributed by atoms with Crippen LogP contribution in [-0.4, -0.2) is 50.8 Å². The minimum Gasteiger partial charge on any atom is -0.449 e. The first-order valence-electron chi connectivity index (χ1n) is 8.23. The van der Waals surface area contributed by atoms with Gasteiger partial charge in [0.05, 0.1) is 18.9 Å². The maximum atomic E-state index is 14.2. The summed E-state index contributed by atoms with van der Waals surface area (Å²) in [5.74, 6) is -1.60. The lowest BCUT2D eigenvalue weighted by atomic mass is 9.93. The molecule has 4 atom stereocenters. The van der Waals surface area contributed by atoms with E-state index in [1.807, 2.05) is 20.8 Å². The average Bonchev–Trinajstić information content (AvgIpc) is 2.77. The van der Waals surface area contributed by atoms with Crippen LogP contribution in [0.4, 0.5) is 15.0 Å². The fourth-order valence-electron chi connectivity index (χ4n) is 2.36. The van der Waals surface area contributed by atoms with Gasteiger partial charge >= 0.3 is 11.8 Å². The van der Waals surface area contributed by atoms with Crippen LogP contribution in [-0.2, 0) is 9.47 Å². The first-order chi connectivity index (χ1) is 12.0. The van der Waals surface area contributed by atoms with Crippen molar-refractivity contribution in [1.82, 2.24) is 9.55 Å². The SMILES string of the molecule is C[C@H]1O[C@@H](n2cc(F)c(NC(=O)OCCC(C)(C)C)nc2=O)[C@H](O)[C@@H]1O. The van der Waals surface area contributed by atoms with E-state index in [0.717, 1.165) is 10.8 Å². The Morgan fingerprint density at radius 3 is 2.62 bits per heavy atom. The molecule has 10 heteroatoms. The molecule has 1 aromatic rings. The van der Waals surface area contributed by atoms with Crippen LogP contribution in [0.1, 0.15) is 40.3 Å². The third-order valence-electron chi connectivity index (χ3n) is 3.96. The molecule has 1 fully saturated rings. The van der Waals surface area contributed by atoms with Crippen LogP contribution in [0.5, 0.6) is 0 Å². The summed E-state index contributed by atoms with van der Waals surface area (Å²) >= 11 is 0. The number of anilines is 1. The highest BCUT2D eigenvalue weighted by Crippen LogP contribution is 2.28. The topological polar surface area (TPSA) is 123 Å². The molecule has 0 spiro atoms. The van der Waals surface area contributed by atoms with Crippen molar-refractivity contribution in [2.75, 3.05) is 11.9 Å². The number of aromatic nitrogens is 2. The lowest BCUT2D eigenvalue weighted by molar-refractivity contribution is -0.0355. The van der Waals surface area contributed by atoms with Gasteiger partial charge < -0.3 is 19.7 Å². The van der Waals surface area contributed by atoms with Gasteiger partial charge in [-0.05, 0) is 18.8 Å². The van der Waals surface area contributed by atoms with E-state index in [9.17, 15) is 24.2 Å². The van der Waals surface area contributed by atoms with Crippen LogP contribution in [0, 0.1) is 11.2 Å². The highest BCUT2D eigenvalue weighted by molar-refractivity contribution is 5.83. The van der Waals surface area contributed by atoms with E-state index in [4.69, 9.17) is 9.47 Å². The Labute approximate surface area is 149 Å². The third-order valence-corrected chi connectivity index (χ3v) is 3.96. The number of nitrogens with zero attached hydrogens (tertiary/aromatic N) is 2. The van der Waals surface area contributed by atoms with Gasteiger partial charge in [-0.3, -0.25) is 9.88 Å². The standard InChI is InChI=1S/C16H24FN3O6/c1-8-10(21)11(22)13(26-8)20-7-9(17)12(18-14(20)23)19-15(24)25-6-5-16(2,3)4/h7-8,10-11,13,21-22H,5-6H2,1-4H3,(H,18,19,23,24)/t8-,10-,11-,13-/m1/s1. The van der Waals surface area contributed by atoms with E-state index in [0.29, 0.717) is 6.42 Å². The molecule has 26 heavy (non-hydrogen) atoms. The van der Waals surface area contributed by atoms with Crippen molar-refractivity contribution in [3.8, 4) is 0 Å². The zero-order valence-electron chi connectivity index (χ0n) is 15.1. The number of rotatable bonds is 4. The van der Waals surface area contributed by atoms with E-state index >= 15 is 0 Å². The highest BCUT2D eigenvalue weighted by atomic mass is 19.1. The molecule has 2 heterocycles. The zero-order chi connectivity index (χ0) is 19.6. The van der Waals surface area contributed by atoms with Crippen molar-refractivity contribution in [2.45, 2.75) is 58.7 Å². The minimum absolute atomic E-state index is 0.0337. The summed E-state index contributed by atoms with van der Waals surface area (Å²) in [5, 5.41) is 21.7. The first-order valence-corrected chi connectivity index (χ1v) is 8.23. The zero-order valence-corrected chi connectivity index (χ0v) is 15.1. The van der Waals surface area contributed by atoms with Crippen LogP contribution >= 0.6 is 0 Å². The average molecular weight is 373 g/mol. The minimum atomic E-state index is -1.41. The van der Waals surface area contributed by atoms with Crippen molar-refractivity contribution in [1.29, 1.82) is 0 Å². The highest BCUT2D eigenvalue weighted by Gasteiger charge is 2.42. The fourth-order valence-corrected chi connectivity index (χ4v) is 2.36. The second-order valence-electron chi connectivity index (χ2n) is 7.41. The number of carbonyl (C=O) groups is 1. The normalized spacial score (nSPS) is 26.0. The summed E-state index contributed by atoms with van der Waals surface area (Å²) in [6.07, 6.45) is -4.22. The number of aliphatic hydroxyl groups is 2. The molecule has 0 radical (unpaired) electrons. The number of hydrogen-bond donors (Lipinski definition) is 3. The Kier molecular flexibility index (Phi) is 5.99. The number of nitrogens with one attached hydrogen (secondary N) is 1. The van der Waals surface area contributed by atoms with E-state index < -0.39 is 48.0 Å². The Morgan fingerprint density at radius 1 is 1.42 bits per heavy atom. The number of aliphatic hydroxyl groups excluding tert-OH is 2. The Balaban J connectivity index is 2.08. The smallest absolute Gasteiger partial charge is 0.412 e. The van der Waals surface area contributed by atoms with Crippen LogP contribution < -0.4 is 11.0 Å².